The molecule has 0 unspecified atom stereocenters. The summed E-state index contributed by atoms with van der Waals surface area (Å²) in [6, 6.07) is 0.649. The molecule has 0 aliphatic heterocycles. The average molecular weight is 222 g/mol. The van der Waals surface area contributed by atoms with Crippen molar-refractivity contribution in [3.05, 3.63) is 33.6 Å². The monoisotopic (exact) mass is 222 g/mol. The number of hydrogen-bond donors (Lipinski definition) is 1. The molecule has 1 heterocycles. The number of aromatic nitrogens is 1. The van der Waals surface area contributed by atoms with Gasteiger partial charge >= 0.3 is 6.18 Å². The molecule has 1 rings (SSSR count). The fourth-order valence-corrected chi connectivity index (χ4v) is 0.973. The van der Waals surface area contributed by atoms with Gasteiger partial charge in [0, 0.05) is 11.6 Å². The Hall–Kier alpha value is -1.70. The minimum Gasteiger partial charge on any atom is -0.392 e. The molecule has 5 nitrogen and oxygen atoms in total. The average Bonchev–Trinajstić information content (AvgIpc) is 2.15. The molecule has 0 radical (unpaired) electrons. The molecule has 0 amide bonds. The molecule has 0 fully saturated rings. The van der Waals surface area contributed by atoms with Crippen molar-refractivity contribution in [2.75, 3.05) is 0 Å². The van der Waals surface area contributed by atoms with Crippen molar-refractivity contribution in [2.24, 2.45) is 0 Å². The predicted octanol–water partition coefficient (Wildman–Crippen LogP) is 1.50. The molecule has 1 aromatic heterocycles. The van der Waals surface area contributed by atoms with Crippen LogP contribution in [0, 0.1) is 10.1 Å². The van der Waals surface area contributed by atoms with Crippen LogP contribution in [0.15, 0.2) is 12.3 Å². The maximum absolute atomic E-state index is 12.2. The van der Waals surface area contributed by atoms with E-state index < -0.39 is 34.7 Å². The van der Waals surface area contributed by atoms with Gasteiger partial charge in [0.1, 0.15) is 11.9 Å². The van der Waals surface area contributed by atoms with Gasteiger partial charge in [-0.25, -0.2) is 4.98 Å². The third kappa shape index (κ3) is 2.40. The highest BCUT2D eigenvalue weighted by molar-refractivity contribution is 5.35. The van der Waals surface area contributed by atoms with Crippen LogP contribution in [0.4, 0.5) is 18.9 Å². The second-order valence-electron chi connectivity index (χ2n) is 2.61. The topological polar surface area (TPSA) is 76.3 Å². The van der Waals surface area contributed by atoms with Gasteiger partial charge in [-0.2, -0.15) is 13.2 Å². The summed E-state index contributed by atoms with van der Waals surface area (Å²) in [5.41, 5.74) is -2.51. The molecule has 0 bridgehead atoms. The first-order valence-electron chi connectivity index (χ1n) is 3.67. The molecule has 0 aliphatic rings. The van der Waals surface area contributed by atoms with E-state index in [-0.39, 0.29) is 0 Å². The van der Waals surface area contributed by atoms with Gasteiger partial charge in [-0.05, 0) is 0 Å². The zero-order valence-electron chi connectivity index (χ0n) is 7.15. The highest BCUT2D eigenvalue weighted by Crippen LogP contribution is 2.31. The molecule has 1 aromatic rings. The van der Waals surface area contributed by atoms with Gasteiger partial charge in [0.2, 0.25) is 0 Å². The second kappa shape index (κ2) is 3.81. The number of rotatable bonds is 2. The quantitative estimate of drug-likeness (QED) is 0.607. The van der Waals surface area contributed by atoms with E-state index in [0.717, 1.165) is 0 Å². The highest BCUT2D eigenvalue weighted by atomic mass is 19.4. The Morgan fingerprint density at radius 3 is 2.53 bits per heavy atom. The van der Waals surface area contributed by atoms with Crippen LogP contribution in [-0.4, -0.2) is 15.0 Å². The van der Waals surface area contributed by atoms with Crippen molar-refractivity contribution in [1.29, 1.82) is 0 Å². The summed E-state index contributed by atoms with van der Waals surface area (Å²) >= 11 is 0. The van der Waals surface area contributed by atoms with Crippen molar-refractivity contribution in [3.63, 3.8) is 0 Å². The van der Waals surface area contributed by atoms with Gasteiger partial charge in [0.05, 0.1) is 11.5 Å². The molecule has 0 atom stereocenters. The molecule has 0 aliphatic carbocycles. The Kier molecular flexibility index (Phi) is 2.89. The van der Waals surface area contributed by atoms with Crippen LogP contribution in [0.3, 0.4) is 0 Å². The van der Waals surface area contributed by atoms with Crippen molar-refractivity contribution in [2.45, 2.75) is 12.8 Å². The number of alkyl halides is 3. The number of aliphatic hydroxyl groups is 1. The SMILES string of the molecule is O=[N+]([O-])c1cnc(C(F)(F)F)c(CO)c1. The first kappa shape index (κ1) is 11.4. The number of pyridine rings is 1. The summed E-state index contributed by atoms with van der Waals surface area (Å²) in [5.74, 6) is 0. The van der Waals surface area contributed by atoms with Crippen LogP contribution >= 0.6 is 0 Å². The summed E-state index contributed by atoms with van der Waals surface area (Å²) in [5, 5.41) is 18.9. The van der Waals surface area contributed by atoms with Crippen LogP contribution < -0.4 is 0 Å². The molecule has 82 valence electrons. The molecule has 0 saturated heterocycles. The summed E-state index contributed by atoms with van der Waals surface area (Å²) in [6.07, 6.45) is -4.23. The van der Waals surface area contributed by atoms with Gasteiger partial charge in [-0.15, -0.1) is 0 Å². The molecule has 0 saturated carbocycles. The summed E-state index contributed by atoms with van der Waals surface area (Å²) in [4.78, 5) is 12.3. The first-order valence-corrected chi connectivity index (χ1v) is 3.67. The van der Waals surface area contributed by atoms with E-state index in [1.165, 1.54) is 0 Å². The molecule has 8 heteroatoms. The van der Waals surface area contributed by atoms with Crippen LogP contribution in [0.25, 0.3) is 0 Å². The molecule has 15 heavy (non-hydrogen) atoms. The van der Waals surface area contributed by atoms with Gasteiger partial charge in [0.25, 0.3) is 5.69 Å². The molecule has 1 N–H and O–H groups in total. The molecular formula is C7H5F3N2O3. The Balaban J connectivity index is 3.27. The Labute approximate surface area is 81.3 Å². The number of aliphatic hydroxyl groups excluding tert-OH is 1. The number of nitrogens with zero attached hydrogens (tertiary/aromatic N) is 2. The van der Waals surface area contributed by atoms with Crippen molar-refractivity contribution in [1.82, 2.24) is 4.98 Å². The van der Waals surface area contributed by atoms with E-state index >= 15 is 0 Å². The normalized spacial score (nSPS) is 11.5. The fraction of sp³-hybridized carbons (Fsp3) is 0.286. The Bertz CT molecular complexity index is 392. The van der Waals surface area contributed by atoms with Crippen molar-refractivity contribution in [3.8, 4) is 0 Å². The minimum absolute atomic E-state index is 0.502. The smallest absolute Gasteiger partial charge is 0.392 e. The van der Waals surface area contributed by atoms with Gasteiger partial charge in [0.15, 0.2) is 0 Å². The van der Waals surface area contributed by atoms with Crippen LogP contribution in [0.2, 0.25) is 0 Å². The van der Waals surface area contributed by atoms with E-state index in [1.807, 2.05) is 0 Å². The van der Waals surface area contributed by atoms with Gasteiger partial charge in [-0.3, -0.25) is 10.1 Å². The lowest BCUT2D eigenvalue weighted by molar-refractivity contribution is -0.385. The number of hydrogen-bond acceptors (Lipinski definition) is 4. The van der Waals surface area contributed by atoms with Gasteiger partial charge < -0.3 is 5.11 Å². The maximum atomic E-state index is 12.2. The summed E-state index contributed by atoms with van der Waals surface area (Å²) in [7, 11) is 0. The predicted molar refractivity (Wildman–Crippen MR) is 41.8 cm³/mol. The fourth-order valence-electron chi connectivity index (χ4n) is 0.973. The minimum atomic E-state index is -4.73. The second-order valence-corrected chi connectivity index (χ2v) is 2.61. The lowest BCUT2D eigenvalue weighted by atomic mass is 10.2. The van der Waals surface area contributed by atoms with Gasteiger partial charge in [-0.1, -0.05) is 0 Å². The van der Waals surface area contributed by atoms with Crippen LogP contribution in [-0.2, 0) is 12.8 Å². The largest absolute Gasteiger partial charge is 0.433 e. The van der Waals surface area contributed by atoms with Crippen LogP contribution in [0.1, 0.15) is 11.3 Å². The van der Waals surface area contributed by atoms with E-state index in [0.29, 0.717) is 12.3 Å². The van der Waals surface area contributed by atoms with Crippen molar-refractivity contribution < 1.29 is 23.2 Å². The summed E-state index contributed by atoms with van der Waals surface area (Å²) < 4.78 is 36.7. The third-order valence-electron chi connectivity index (χ3n) is 1.60. The Morgan fingerprint density at radius 2 is 2.13 bits per heavy atom. The molecule has 0 spiro atoms. The van der Waals surface area contributed by atoms with Crippen LogP contribution in [0.5, 0.6) is 0 Å². The number of halogens is 3. The van der Waals surface area contributed by atoms with Crippen molar-refractivity contribution >= 4 is 5.69 Å². The summed E-state index contributed by atoms with van der Waals surface area (Å²) in [6.45, 7) is -0.955. The first-order chi connectivity index (χ1) is 6.86. The zero-order chi connectivity index (χ0) is 11.6. The van der Waals surface area contributed by atoms with E-state index in [9.17, 15) is 23.3 Å². The third-order valence-corrected chi connectivity index (χ3v) is 1.60. The Morgan fingerprint density at radius 1 is 1.53 bits per heavy atom. The highest BCUT2D eigenvalue weighted by Gasteiger charge is 2.35. The lowest BCUT2D eigenvalue weighted by Crippen LogP contribution is -2.12. The molecular weight excluding hydrogens is 217 g/mol. The zero-order valence-corrected chi connectivity index (χ0v) is 7.15. The van der Waals surface area contributed by atoms with E-state index in [4.69, 9.17) is 5.11 Å². The number of nitro groups is 1. The standard InChI is InChI=1S/C7H5F3N2O3/c8-7(9,10)6-4(3-13)1-5(2-11-6)12(14)15/h1-2,13H,3H2. The van der Waals surface area contributed by atoms with E-state index in [1.54, 1.807) is 0 Å². The molecule has 0 aromatic carbocycles. The van der Waals surface area contributed by atoms with E-state index in [2.05, 4.69) is 4.98 Å². The lowest BCUT2D eigenvalue weighted by Gasteiger charge is -2.08. The maximum Gasteiger partial charge on any atom is 0.433 e.